The highest BCUT2D eigenvalue weighted by atomic mass is 19.1. The smallest absolute Gasteiger partial charge is 0.410 e. The number of amides is 1. The van der Waals surface area contributed by atoms with E-state index < -0.39 is 5.54 Å². The minimum atomic E-state index is -0.504. The van der Waals surface area contributed by atoms with Gasteiger partial charge in [0.15, 0.2) is 0 Å². The molecule has 0 radical (unpaired) electrons. The van der Waals surface area contributed by atoms with Gasteiger partial charge in [-0.2, -0.15) is 0 Å². The summed E-state index contributed by atoms with van der Waals surface area (Å²) >= 11 is 0. The number of likely N-dealkylation sites (tertiary alicyclic amines) is 1. The van der Waals surface area contributed by atoms with E-state index in [1.54, 1.807) is 17.0 Å². The molecule has 1 unspecified atom stereocenters. The first-order chi connectivity index (χ1) is 14.9. The highest BCUT2D eigenvalue weighted by Crippen LogP contribution is 2.42. The Hall–Kier alpha value is -3.47. The summed E-state index contributed by atoms with van der Waals surface area (Å²) in [5.41, 5.74) is 4.52. The molecule has 158 valence electrons. The second kappa shape index (κ2) is 8.34. The van der Waals surface area contributed by atoms with Crippen molar-refractivity contribution in [2.45, 2.75) is 32.4 Å². The number of pyridine rings is 1. The number of carbonyl (C=O) groups excluding carboxylic acids is 1. The van der Waals surface area contributed by atoms with Crippen LogP contribution in [0.5, 0.6) is 0 Å². The first-order valence-electron chi connectivity index (χ1n) is 10.3. The van der Waals surface area contributed by atoms with Gasteiger partial charge in [-0.15, -0.1) is 0 Å². The van der Waals surface area contributed by atoms with Crippen LogP contribution in [0.15, 0.2) is 73.3 Å². The van der Waals surface area contributed by atoms with Gasteiger partial charge in [-0.1, -0.05) is 36.9 Å². The van der Waals surface area contributed by atoms with Crippen LogP contribution in [0, 0.1) is 5.82 Å². The zero-order chi connectivity index (χ0) is 22.0. The van der Waals surface area contributed by atoms with Crippen molar-refractivity contribution in [3.8, 4) is 11.3 Å². The Morgan fingerprint density at radius 2 is 1.87 bits per heavy atom. The summed E-state index contributed by atoms with van der Waals surface area (Å²) in [7, 11) is 0. The molecule has 1 saturated heterocycles. The maximum Gasteiger partial charge on any atom is 0.410 e. The van der Waals surface area contributed by atoms with Crippen LogP contribution in [0.4, 0.5) is 9.18 Å². The summed E-state index contributed by atoms with van der Waals surface area (Å²) in [6, 6.07) is 19.8. The Bertz CT molecular complexity index is 1110. The molecule has 2 aromatic carbocycles. The molecule has 4 rings (SSSR count). The summed E-state index contributed by atoms with van der Waals surface area (Å²) in [6.07, 6.45) is 0.477. The number of hydrogen-bond donors (Lipinski definition) is 0. The lowest BCUT2D eigenvalue weighted by atomic mass is 9.79. The van der Waals surface area contributed by atoms with Crippen LogP contribution < -0.4 is 0 Å². The number of allylic oxidation sites excluding steroid dienone is 1. The van der Waals surface area contributed by atoms with Crippen LogP contribution >= 0.6 is 0 Å². The van der Waals surface area contributed by atoms with Gasteiger partial charge in [-0.05, 0) is 73.4 Å². The van der Waals surface area contributed by atoms with Crippen LogP contribution in [-0.2, 0) is 16.9 Å². The van der Waals surface area contributed by atoms with E-state index in [0.717, 1.165) is 40.1 Å². The van der Waals surface area contributed by atoms with Gasteiger partial charge in [0.25, 0.3) is 0 Å². The van der Waals surface area contributed by atoms with Crippen LogP contribution in [0.3, 0.4) is 0 Å². The minimum Gasteiger partial charge on any atom is -0.445 e. The molecule has 3 aromatic rings. The van der Waals surface area contributed by atoms with E-state index in [1.165, 1.54) is 12.1 Å². The van der Waals surface area contributed by atoms with Crippen molar-refractivity contribution in [3.63, 3.8) is 0 Å². The number of nitrogens with zero attached hydrogens (tertiary/aromatic N) is 2. The van der Waals surface area contributed by atoms with E-state index in [9.17, 15) is 9.18 Å². The summed E-state index contributed by atoms with van der Waals surface area (Å²) in [6.45, 7) is 8.83. The summed E-state index contributed by atoms with van der Waals surface area (Å²) in [4.78, 5) is 19.3. The van der Waals surface area contributed by atoms with Gasteiger partial charge in [-0.3, -0.25) is 4.90 Å². The average Bonchev–Trinajstić information content (AvgIpc) is 2.77. The second-order valence-corrected chi connectivity index (χ2v) is 8.13. The van der Waals surface area contributed by atoms with Crippen molar-refractivity contribution in [2.75, 3.05) is 6.54 Å². The lowest BCUT2D eigenvalue weighted by molar-refractivity contribution is -0.00980. The fraction of sp³-hybridized carbons (Fsp3) is 0.231. The number of hydrogen-bond acceptors (Lipinski definition) is 3. The van der Waals surface area contributed by atoms with E-state index in [2.05, 4.69) is 6.58 Å². The van der Waals surface area contributed by atoms with E-state index in [1.807, 2.05) is 56.3 Å². The third-order valence-corrected chi connectivity index (χ3v) is 5.87. The molecule has 4 nitrogen and oxygen atoms in total. The van der Waals surface area contributed by atoms with Gasteiger partial charge in [0.1, 0.15) is 12.4 Å². The van der Waals surface area contributed by atoms with E-state index >= 15 is 0 Å². The van der Waals surface area contributed by atoms with Gasteiger partial charge in [0.2, 0.25) is 0 Å². The van der Waals surface area contributed by atoms with E-state index in [4.69, 9.17) is 9.72 Å². The first kappa shape index (κ1) is 20.8. The Morgan fingerprint density at radius 3 is 2.48 bits per heavy atom. The number of rotatable bonds is 5. The van der Waals surface area contributed by atoms with Crippen molar-refractivity contribution in [1.82, 2.24) is 9.88 Å². The second-order valence-electron chi connectivity index (χ2n) is 8.13. The lowest BCUT2D eigenvalue weighted by Gasteiger charge is -2.50. The molecule has 1 aliphatic rings. The molecular formula is C26H25FN2O2. The molecule has 5 heteroatoms. The van der Waals surface area contributed by atoms with Gasteiger partial charge < -0.3 is 4.74 Å². The molecular weight excluding hydrogens is 391 g/mol. The zero-order valence-electron chi connectivity index (χ0n) is 17.8. The molecule has 0 bridgehead atoms. The molecule has 2 heterocycles. The predicted octanol–water partition coefficient (Wildman–Crippen LogP) is 6.18. The summed E-state index contributed by atoms with van der Waals surface area (Å²) in [5, 5.41) is 0. The van der Waals surface area contributed by atoms with Gasteiger partial charge in [0.05, 0.1) is 16.9 Å². The Kier molecular flexibility index (Phi) is 5.59. The third kappa shape index (κ3) is 4.22. The number of ether oxygens (including phenoxy) is 1. The molecule has 31 heavy (non-hydrogen) atoms. The first-order valence-corrected chi connectivity index (χ1v) is 10.3. The summed E-state index contributed by atoms with van der Waals surface area (Å²) in [5.74, 6) is -0.293. The predicted molar refractivity (Wildman–Crippen MR) is 120 cm³/mol. The standard InChI is InChI=1S/C26H25FN2O2/c1-18(2)23-15-21(16-24(28-23)20-9-11-22(27)12-10-20)26(3)13-14-29(26)25(30)31-17-19-7-5-4-6-8-19/h4-12,15-16H,1,13-14,17H2,2-3H3. The number of benzene rings is 2. The van der Waals surface area contributed by atoms with Gasteiger partial charge in [-0.25, -0.2) is 14.2 Å². The Morgan fingerprint density at radius 1 is 1.16 bits per heavy atom. The largest absolute Gasteiger partial charge is 0.445 e. The maximum atomic E-state index is 13.4. The number of halogens is 1. The van der Waals surface area contributed by atoms with Gasteiger partial charge in [0, 0.05) is 12.1 Å². The van der Waals surface area contributed by atoms with Crippen molar-refractivity contribution in [3.05, 3.63) is 95.9 Å². The van der Waals surface area contributed by atoms with E-state index in [0.29, 0.717) is 6.54 Å². The monoisotopic (exact) mass is 416 g/mol. The molecule has 1 fully saturated rings. The normalized spacial score (nSPS) is 17.7. The van der Waals surface area contributed by atoms with Crippen LogP contribution in [0.1, 0.15) is 37.1 Å². The quantitative estimate of drug-likeness (QED) is 0.499. The molecule has 1 aromatic heterocycles. The lowest BCUT2D eigenvalue weighted by Crippen LogP contribution is -2.58. The highest BCUT2D eigenvalue weighted by molar-refractivity contribution is 5.72. The maximum absolute atomic E-state index is 13.4. The number of carbonyl (C=O) groups is 1. The van der Waals surface area contributed by atoms with Crippen molar-refractivity contribution >= 4 is 11.7 Å². The SMILES string of the molecule is C=C(C)c1cc(C2(C)CCN2C(=O)OCc2ccccc2)cc(-c2ccc(F)cc2)n1. The van der Waals surface area contributed by atoms with Crippen LogP contribution in [0.2, 0.25) is 0 Å². The van der Waals surface area contributed by atoms with Crippen LogP contribution in [-0.4, -0.2) is 22.5 Å². The Balaban J connectivity index is 1.61. The van der Waals surface area contributed by atoms with E-state index in [-0.39, 0.29) is 18.5 Å². The minimum absolute atomic E-state index is 0.237. The molecule has 1 atom stereocenters. The third-order valence-electron chi connectivity index (χ3n) is 5.87. The molecule has 0 spiro atoms. The van der Waals surface area contributed by atoms with Crippen molar-refractivity contribution in [2.24, 2.45) is 0 Å². The van der Waals surface area contributed by atoms with Crippen molar-refractivity contribution in [1.29, 1.82) is 0 Å². The van der Waals surface area contributed by atoms with Crippen molar-refractivity contribution < 1.29 is 13.9 Å². The molecule has 0 saturated carbocycles. The van der Waals surface area contributed by atoms with Crippen LogP contribution in [0.25, 0.3) is 16.8 Å². The molecule has 1 aliphatic heterocycles. The molecule has 0 N–H and O–H groups in total. The summed E-state index contributed by atoms with van der Waals surface area (Å²) < 4.78 is 19.0. The molecule has 1 amide bonds. The fourth-order valence-corrected chi connectivity index (χ4v) is 3.78. The zero-order valence-corrected chi connectivity index (χ0v) is 17.8. The topological polar surface area (TPSA) is 42.4 Å². The average molecular weight is 416 g/mol. The number of aromatic nitrogens is 1. The Labute approximate surface area is 182 Å². The fourth-order valence-electron chi connectivity index (χ4n) is 3.78. The highest BCUT2D eigenvalue weighted by Gasteiger charge is 2.46. The molecule has 0 aliphatic carbocycles. The van der Waals surface area contributed by atoms with Gasteiger partial charge >= 0.3 is 6.09 Å².